The number of thiophene rings is 1. The largest absolute Gasteiger partial charge is 0.392 e. The third-order valence-electron chi connectivity index (χ3n) is 4.50. The highest BCUT2D eigenvalue weighted by molar-refractivity contribution is 7.10. The van der Waals surface area contributed by atoms with Crippen LogP contribution in [-0.2, 0) is 6.54 Å². The summed E-state index contributed by atoms with van der Waals surface area (Å²) in [7, 11) is 0. The lowest BCUT2D eigenvalue weighted by Gasteiger charge is -2.49. The van der Waals surface area contributed by atoms with Crippen molar-refractivity contribution in [2.24, 2.45) is 5.41 Å². The minimum absolute atomic E-state index is 0.000477. The average molecular weight is 287 g/mol. The van der Waals surface area contributed by atoms with Crippen molar-refractivity contribution < 1.29 is 5.11 Å². The normalized spacial score (nSPS) is 24.4. The molecule has 0 bridgehead atoms. The van der Waals surface area contributed by atoms with E-state index < -0.39 is 0 Å². The van der Waals surface area contributed by atoms with Gasteiger partial charge < -0.3 is 10.4 Å². The summed E-state index contributed by atoms with van der Waals surface area (Å²) in [5.41, 5.74) is 2.56. The van der Waals surface area contributed by atoms with Crippen LogP contribution >= 0.6 is 11.3 Å². The first-order valence-corrected chi connectivity index (χ1v) is 7.99. The Morgan fingerprint density at radius 3 is 2.65 bits per heavy atom. The number of aliphatic hydroxyl groups excluding tert-OH is 1. The first-order valence-electron chi connectivity index (χ1n) is 7.11. The minimum Gasteiger partial charge on any atom is -0.392 e. The van der Waals surface area contributed by atoms with E-state index in [1.807, 2.05) is 6.07 Å². The number of nitrogens with one attached hydrogen (secondary N) is 1. The second-order valence-corrected chi connectivity index (χ2v) is 7.17. The van der Waals surface area contributed by atoms with E-state index in [0.717, 1.165) is 13.0 Å². The Bertz CT molecular complexity index is 576. The fourth-order valence-corrected chi connectivity index (χ4v) is 3.57. The molecule has 1 fully saturated rings. The molecule has 0 amide bonds. The van der Waals surface area contributed by atoms with Crippen LogP contribution in [0.3, 0.4) is 0 Å². The summed E-state index contributed by atoms with van der Waals surface area (Å²) >= 11 is 1.80. The van der Waals surface area contributed by atoms with Gasteiger partial charge in [-0.05, 0) is 29.0 Å². The summed E-state index contributed by atoms with van der Waals surface area (Å²) in [5, 5.41) is 15.5. The fraction of sp³-hybridized carbons (Fsp3) is 0.412. The van der Waals surface area contributed by atoms with E-state index in [1.165, 1.54) is 16.0 Å². The van der Waals surface area contributed by atoms with Crippen molar-refractivity contribution in [1.82, 2.24) is 5.32 Å². The zero-order valence-electron chi connectivity index (χ0n) is 12.0. The molecule has 1 aliphatic rings. The molecule has 0 saturated heterocycles. The molecule has 106 valence electrons. The molecular weight excluding hydrogens is 266 g/mol. The second kappa shape index (κ2) is 5.32. The summed E-state index contributed by atoms with van der Waals surface area (Å²) in [6, 6.07) is 13.2. The molecule has 0 spiro atoms. The van der Waals surface area contributed by atoms with Gasteiger partial charge in [0, 0.05) is 22.9 Å². The Balaban J connectivity index is 1.61. The van der Waals surface area contributed by atoms with Gasteiger partial charge >= 0.3 is 0 Å². The molecule has 3 rings (SSSR count). The number of aliphatic hydroxyl groups is 1. The van der Waals surface area contributed by atoms with Gasteiger partial charge in [0.15, 0.2) is 0 Å². The summed E-state index contributed by atoms with van der Waals surface area (Å²) in [6.45, 7) is 5.14. The lowest BCUT2D eigenvalue weighted by Crippen LogP contribution is -2.59. The van der Waals surface area contributed by atoms with E-state index in [9.17, 15) is 5.11 Å². The Morgan fingerprint density at radius 1 is 1.25 bits per heavy atom. The maximum absolute atomic E-state index is 9.76. The van der Waals surface area contributed by atoms with Gasteiger partial charge in [-0.2, -0.15) is 0 Å². The number of hydrogen-bond donors (Lipinski definition) is 2. The Morgan fingerprint density at radius 2 is 2.00 bits per heavy atom. The van der Waals surface area contributed by atoms with Crippen LogP contribution in [0.25, 0.3) is 11.1 Å². The monoisotopic (exact) mass is 287 g/mol. The number of benzene rings is 1. The van der Waals surface area contributed by atoms with Gasteiger partial charge in [0.05, 0.1) is 6.10 Å². The van der Waals surface area contributed by atoms with Crippen LogP contribution in [0.15, 0.2) is 41.8 Å². The third-order valence-corrected chi connectivity index (χ3v) is 5.44. The second-order valence-electron chi connectivity index (χ2n) is 6.17. The van der Waals surface area contributed by atoms with Gasteiger partial charge in [-0.15, -0.1) is 11.3 Å². The van der Waals surface area contributed by atoms with Crippen molar-refractivity contribution in [3.05, 3.63) is 46.7 Å². The Labute approximate surface area is 124 Å². The van der Waals surface area contributed by atoms with Gasteiger partial charge in [-0.1, -0.05) is 44.2 Å². The SMILES string of the molecule is CC1(C)C(O)CC1NCc1cc(-c2ccccc2)cs1. The smallest absolute Gasteiger partial charge is 0.0621 e. The number of hydrogen-bond acceptors (Lipinski definition) is 3. The van der Waals surface area contributed by atoms with Gasteiger partial charge in [0.1, 0.15) is 0 Å². The lowest BCUT2D eigenvalue weighted by molar-refractivity contribution is -0.0729. The maximum Gasteiger partial charge on any atom is 0.0621 e. The van der Waals surface area contributed by atoms with Crippen molar-refractivity contribution in [2.45, 2.75) is 39.0 Å². The van der Waals surface area contributed by atoms with E-state index in [-0.39, 0.29) is 11.5 Å². The molecule has 1 aromatic carbocycles. The highest BCUT2D eigenvalue weighted by atomic mass is 32.1. The van der Waals surface area contributed by atoms with Crippen LogP contribution in [0.5, 0.6) is 0 Å². The van der Waals surface area contributed by atoms with Gasteiger partial charge in [-0.25, -0.2) is 0 Å². The summed E-state index contributed by atoms with van der Waals surface area (Å²) in [5.74, 6) is 0. The molecular formula is C17H21NOS. The number of rotatable bonds is 4. The van der Waals surface area contributed by atoms with E-state index >= 15 is 0 Å². The maximum atomic E-state index is 9.76. The van der Waals surface area contributed by atoms with E-state index in [4.69, 9.17) is 0 Å². The molecule has 2 unspecified atom stereocenters. The molecule has 2 N–H and O–H groups in total. The molecule has 2 nitrogen and oxygen atoms in total. The van der Waals surface area contributed by atoms with Crippen LogP contribution in [-0.4, -0.2) is 17.3 Å². The molecule has 3 heteroatoms. The molecule has 2 aromatic rings. The van der Waals surface area contributed by atoms with Crippen molar-refractivity contribution in [2.75, 3.05) is 0 Å². The quantitative estimate of drug-likeness (QED) is 0.899. The van der Waals surface area contributed by atoms with E-state index in [1.54, 1.807) is 11.3 Å². The summed E-state index contributed by atoms with van der Waals surface area (Å²) in [4.78, 5) is 1.35. The zero-order chi connectivity index (χ0) is 14.2. The Hall–Kier alpha value is -1.16. The predicted molar refractivity (Wildman–Crippen MR) is 84.8 cm³/mol. The van der Waals surface area contributed by atoms with Gasteiger partial charge in [-0.3, -0.25) is 0 Å². The predicted octanol–water partition coefficient (Wildman–Crippen LogP) is 3.66. The van der Waals surface area contributed by atoms with Crippen LogP contribution in [0.4, 0.5) is 0 Å². The molecule has 2 atom stereocenters. The van der Waals surface area contributed by atoms with Crippen LogP contribution in [0.1, 0.15) is 25.1 Å². The zero-order valence-corrected chi connectivity index (χ0v) is 12.8. The molecule has 1 aromatic heterocycles. The van der Waals surface area contributed by atoms with E-state index in [0.29, 0.717) is 6.04 Å². The third kappa shape index (κ3) is 2.53. The fourth-order valence-electron chi connectivity index (χ4n) is 2.73. The molecule has 0 radical (unpaired) electrons. The van der Waals surface area contributed by atoms with Gasteiger partial charge in [0.25, 0.3) is 0 Å². The molecule has 0 aliphatic heterocycles. The van der Waals surface area contributed by atoms with E-state index in [2.05, 4.69) is 54.9 Å². The standard InChI is InChI=1S/C17H21NOS/c1-17(2)15(9-16(17)19)18-10-14-8-13(11-20-14)12-6-4-3-5-7-12/h3-8,11,15-16,18-19H,9-10H2,1-2H3. The van der Waals surface area contributed by atoms with Crippen molar-refractivity contribution in [3.63, 3.8) is 0 Å². The van der Waals surface area contributed by atoms with Crippen LogP contribution in [0, 0.1) is 5.41 Å². The summed E-state index contributed by atoms with van der Waals surface area (Å²) in [6.07, 6.45) is 0.701. The minimum atomic E-state index is -0.164. The lowest BCUT2D eigenvalue weighted by atomic mass is 9.64. The van der Waals surface area contributed by atoms with Crippen molar-refractivity contribution in [3.8, 4) is 11.1 Å². The van der Waals surface area contributed by atoms with Gasteiger partial charge in [0.2, 0.25) is 0 Å². The molecule has 20 heavy (non-hydrogen) atoms. The van der Waals surface area contributed by atoms with Crippen LogP contribution in [0.2, 0.25) is 0 Å². The van der Waals surface area contributed by atoms with Crippen molar-refractivity contribution >= 4 is 11.3 Å². The van der Waals surface area contributed by atoms with Crippen molar-refractivity contribution in [1.29, 1.82) is 0 Å². The highest BCUT2D eigenvalue weighted by Gasteiger charge is 2.46. The first-order chi connectivity index (χ1) is 9.57. The topological polar surface area (TPSA) is 32.3 Å². The highest BCUT2D eigenvalue weighted by Crippen LogP contribution is 2.40. The molecule has 1 aliphatic carbocycles. The summed E-state index contributed by atoms with van der Waals surface area (Å²) < 4.78 is 0. The first kappa shape index (κ1) is 13.8. The van der Waals surface area contributed by atoms with Crippen LogP contribution < -0.4 is 5.32 Å². The molecule has 1 saturated carbocycles. The average Bonchev–Trinajstić information content (AvgIpc) is 2.93. The molecule has 1 heterocycles. The Kier molecular flexibility index (Phi) is 3.67.